The Hall–Kier alpha value is -2.35. The number of halogens is 3. The van der Waals surface area contributed by atoms with Gasteiger partial charge in [-0.05, 0) is 75.4 Å². The van der Waals surface area contributed by atoms with Gasteiger partial charge in [0.2, 0.25) is 5.91 Å². The van der Waals surface area contributed by atoms with E-state index < -0.39 is 11.7 Å². The molecule has 2 fully saturated rings. The highest BCUT2D eigenvalue weighted by atomic mass is 19.4. The number of carbonyl (C=O) groups excluding carboxylic acids is 1. The number of pyridine rings is 1. The van der Waals surface area contributed by atoms with Crippen LogP contribution in [0.15, 0.2) is 30.5 Å². The fourth-order valence-corrected chi connectivity index (χ4v) is 5.12. The van der Waals surface area contributed by atoms with Crippen molar-refractivity contribution in [2.75, 3.05) is 38.6 Å². The predicted molar refractivity (Wildman–Crippen MR) is 119 cm³/mol. The molecule has 1 N–H and O–H groups in total. The van der Waals surface area contributed by atoms with Crippen LogP contribution < -0.4 is 10.2 Å². The van der Waals surface area contributed by atoms with E-state index in [0.29, 0.717) is 30.3 Å². The fourth-order valence-electron chi connectivity index (χ4n) is 5.12. The molecule has 32 heavy (non-hydrogen) atoms. The number of fused-ring (bicyclic) bond motifs is 1. The number of rotatable bonds is 6. The van der Waals surface area contributed by atoms with E-state index >= 15 is 0 Å². The lowest BCUT2D eigenvalue weighted by molar-refractivity contribution is -0.136. The highest BCUT2D eigenvalue weighted by Gasteiger charge is 2.38. The Kier molecular flexibility index (Phi) is 6.34. The maximum atomic E-state index is 13.5. The van der Waals surface area contributed by atoms with Crippen molar-refractivity contribution in [3.8, 4) is 0 Å². The summed E-state index contributed by atoms with van der Waals surface area (Å²) in [6, 6.07) is 6.00. The lowest BCUT2D eigenvalue weighted by atomic mass is 9.89. The number of nitrogens with one attached hydrogen (secondary N) is 1. The van der Waals surface area contributed by atoms with Crippen LogP contribution in [0.3, 0.4) is 0 Å². The van der Waals surface area contributed by atoms with Crippen LogP contribution in [0.25, 0.3) is 10.9 Å². The highest BCUT2D eigenvalue weighted by Crippen LogP contribution is 2.39. The number of hydrogen-bond acceptors (Lipinski definition) is 4. The third kappa shape index (κ3) is 4.85. The van der Waals surface area contributed by atoms with Crippen molar-refractivity contribution in [2.45, 2.75) is 38.4 Å². The van der Waals surface area contributed by atoms with Gasteiger partial charge in [-0.25, -0.2) is 0 Å². The Morgan fingerprint density at radius 3 is 2.66 bits per heavy atom. The lowest BCUT2D eigenvalue weighted by Crippen LogP contribution is -2.49. The number of nitrogens with zero attached hydrogens (tertiary/aromatic N) is 3. The van der Waals surface area contributed by atoms with Crippen molar-refractivity contribution in [3.63, 3.8) is 0 Å². The molecule has 1 aliphatic carbocycles. The molecule has 1 aromatic heterocycles. The second-order valence-corrected chi connectivity index (χ2v) is 9.63. The smallest absolute Gasteiger partial charge is 0.370 e. The number of benzene rings is 1. The van der Waals surface area contributed by atoms with Gasteiger partial charge in [-0.15, -0.1) is 0 Å². The molecule has 1 amide bonds. The van der Waals surface area contributed by atoms with Gasteiger partial charge in [-0.3, -0.25) is 14.7 Å². The van der Waals surface area contributed by atoms with E-state index in [0.717, 1.165) is 37.6 Å². The zero-order valence-corrected chi connectivity index (χ0v) is 18.8. The number of likely N-dealkylation sites (N-methyl/N-ethyl adjacent to an activating group) is 1. The minimum Gasteiger partial charge on any atom is -0.370 e. The van der Waals surface area contributed by atoms with E-state index in [1.807, 2.05) is 19.0 Å². The maximum Gasteiger partial charge on any atom is 0.418 e. The molecule has 2 aromatic rings. The number of amides is 1. The van der Waals surface area contributed by atoms with Crippen molar-refractivity contribution in [1.82, 2.24) is 15.2 Å². The number of hydrogen-bond donors (Lipinski definition) is 1. The molecule has 1 aliphatic heterocycles. The van der Waals surface area contributed by atoms with E-state index in [1.54, 1.807) is 18.2 Å². The van der Waals surface area contributed by atoms with Crippen molar-refractivity contribution < 1.29 is 18.0 Å². The van der Waals surface area contributed by atoms with Crippen LogP contribution in [0.5, 0.6) is 0 Å². The molecule has 5 nitrogen and oxygen atoms in total. The summed E-state index contributed by atoms with van der Waals surface area (Å²) in [5.74, 6) is 1.12. The molecular formula is C24H31F3N4O. The molecular weight excluding hydrogens is 417 g/mol. The standard InChI is InChI=1S/C24H31F3N4O/c1-15-11-16(12-29-23(32)22(30(2)3)17-6-7-17)14-31(13-15)20-9-8-19(24(25,26)27)21-18(20)5-4-10-28-21/h4-5,8-10,15-17,22H,6-7,11-14H2,1-3H3,(H,29,32)/t15-,16?,22?/m0/s1. The van der Waals surface area contributed by atoms with Crippen LogP contribution in [0.4, 0.5) is 18.9 Å². The molecule has 0 radical (unpaired) electrons. The lowest BCUT2D eigenvalue weighted by Gasteiger charge is -2.39. The third-order valence-electron chi connectivity index (χ3n) is 6.60. The van der Waals surface area contributed by atoms with Gasteiger partial charge in [-0.1, -0.05) is 6.92 Å². The number of anilines is 1. The van der Waals surface area contributed by atoms with Gasteiger partial charge in [-0.2, -0.15) is 13.2 Å². The summed E-state index contributed by atoms with van der Waals surface area (Å²) in [5, 5.41) is 3.66. The molecule has 8 heteroatoms. The molecule has 2 aliphatic rings. The number of alkyl halides is 3. The Morgan fingerprint density at radius 2 is 2.00 bits per heavy atom. The number of carbonyl (C=O) groups is 1. The van der Waals surface area contributed by atoms with Crippen molar-refractivity contribution in [2.24, 2.45) is 17.8 Å². The van der Waals surface area contributed by atoms with E-state index in [9.17, 15) is 18.0 Å². The zero-order chi connectivity index (χ0) is 23.0. The van der Waals surface area contributed by atoms with Gasteiger partial charge in [0, 0.05) is 36.9 Å². The first kappa shape index (κ1) is 22.8. The van der Waals surface area contributed by atoms with Gasteiger partial charge >= 0.3 is 6.18 Å². The number of aromatic nitrogens is 1. The van der Waals surface area contributed by atoms with E-state index in [4.69, 9.17) is 0 Å². The van der Waals surface area contributed by atoms with Crippen LogP contribution in [-0.4, -0.2) is 55.6 Å². The van der Waals surface area contributed by atoms with Gasteiger partial charge in [0.05, 0.1) is 17.1 Å². The average molecular weight is 449 g/mol. The van der Waals surface area contributed by atoms with Gasteiger partial charge in [0.25, 0.3) is 0 Å². The molecule has 0 spiro atoms. The average Bonchev–Trinajstić information content (AvgIpc) is 3.55. The Bertz CT molecular complexity index is 971. The molecule has 174 valence electrons. The summed E-state index contributed by atoms with van der Waals surface area (Å²) in [5.41, 5.74) is 0.0486. The fraction of sp³-hybridized carbons (Fsp3) is 0.583. The second kappa shape index (κ2) is 8.89. The predicted octanol–water partition coefficient (Wildman–Crippen LogP) is 4.17. The van der Waals surface area contributed by atoms with Crippen LogP contribution in [0.1, 0.15) is 31.7 Å². The van der Waals surface area contributed by atoms with Crippen LogP contribution in [0, 0.1) is 17.8 Å². The largest absolute Gasteiger partial charge is 0.418 e. The molecule has 2 unspecified atom stereocenters. The van der Waals surface area contributed by atoms with Crippen LogP contribution in [0.2, 0.25) is 0 Å². The first-order chi connectivity index (χ1) is 15.1. The molecule has 1 saturated heterocycles. The molecule has 4 rings (SSSR count). The minimum absolute atomic E-state index is 0.0150. The van der Waals surface area contributed by atoms with Crippen molar-refractivity contribution in [3.05, 3.63) is 36.0 Å². The first-order valence-electron chi connectivity index (χ1n) is 11.3. The Labute approximate surface area is 187 Å². The Morgan fingerprint density at radius 1 is 1.25 bits per heavy atom. The van der Waals surface area contributed by atoms with Crippen molar-refractivity contribution in [1.29, 1.82) is 0 Å². The highest BCUT2D eigenvalue weighted by molar-refractivity contribution is 5.94. The summed E-state index contributed by atoms with van der Waals surface area (Å²) in [6.45, 7) is 4.18. The van der Waals surface area contributed by atoms with E-state index in [2.05, 4.69) is 22.1 Å². The third-order valence-corrected chi connectivity index (χ3v) is 6.60. The summed E-state index contributed by atoms with van der Waals surface area (Å²) >= 11 is 0. The van der Waals surface area contributed by atoms with Crippen LogP contribution >= 0.6 is 0 Å². The summed E-state index contributed by atoms with van der Waals surface area (Å²) in [7, 11) is 3.88. The molecule has 1 saturated carbocycles. The van der Waals surface area contributed by atoms with Gasteiger partial charge in [0.1, 0.15) is 0 Å². The van der Waals surface area contributed by atoms with Crippen molar-refractivity contribution >= 4 is 22.5 Å². The van der Waals surface area contributed by atoms with Gasteiger partial charge < -0.3 is 10.2 Å². The Balaban J connectivity index is 1.51. The monoisotopic (exact) mass is 448 g/mol. The number of piperidine rings is 1. The molecule has 1 aromatic carbocycles. The molecule has 0 bridgehead atoms. The normalized spacial score (nSPS) is 22.9. The summed E-state index contributed by atoms with van der Waals surface area (Å²) < 4.78 is 40.4. The second-order valence-electron chi connectivity index (χ2n) is 9.63. The molecule has 3 atom stereocenters. The first-order valence-corrected chi connectivity index (χ1v) is 11.3. The van der Waals surface area contributed by atoms with E-state index in [1.165, 1.54) is 6.20 Å². The zero-order valence-electron chi connectivity index (χ0n) is 18.8. The quantitative estimate of drug-likeness (QED) is 0.721. The topological polar surface area (TPSA) is 48.5 Å². The SMILES string of the molecule is C[C@H]1CC(CNC(=O)C(C2CC2)N(C)C)CN(c2ccc(C(F)(F)F)c3ncccc23)C1. The minimum atomic E-state index is -4.45. The summed E-state index contributed by atoms with van der Waals surface area (Å²) in [6.07, 6.45) is 0.125. The van der Waals surface area contributed by atoms with E-state index in [-0.39, 0.29) is 23.4 Å². The van der Waals surface area contributed by atoms with Crippen LogP contribution in [-0.2, 0) is 11.0 Å². The maximum absolute atomic E-state index is 13.5. The summed E-state index contributed by atoms with van der Waals surface area (Å²) in [4.78, 5) is 21.0. The van der Waals surface area contributed by atoms with Gasteiger partial charge in [0.15, 0.2) is 0 Å². The molecule has 2 heterocycles.